The van der Waals surface area contributed by atoms with Crippen molar-refractivity contribution in [2.75, 3.05) is 0 Å². The first-order valence-electron chi connectivity index (χ1n) is 9.51. The molecular formula is C24H14ClN3OS. The highest BCUT2D eigenvalue weighted by Crippen LogP contribution is 2.43. The zero-order chi connectivity index (χ0) is 20.4. The van der Waals surface area contributed by atoms with E-state index in [1.165, 1.54) is 0 Å². The van der Waals surface area contributed by atoms with Crippen molar-refractivity contribution in [3.8, 4) is 27.6 Å². The fraction of sp³-hybridized carbons (Fsp3) is 0.0417. The minimum Gasteiger partial charge on any atom is -0.288 e. The van der Waals surface area contributed by atoms with Crippen molar-refractivity contribution >= 4 is 38.9 Å². The van der Waals surface area contributed by atoms with E-state index in [1.54, 1.807) is 11.3 Å². The van der Waals surface area contributed by atoms with Gasteiger partial charge in [0.05, 0.1) is 21.5 Å². The van der Waals surface area contributed by atoms with E-state index in [9.17, 15) is 4.79 Å². The molecule has 0 spiro atoms. The molecule has 0 N–H and O–H groups in total. The molecule has 0 radical (unpaired) electrons. The van der Waals surface area contributed by atoms with Gasteiger partial charge in [0.1, 0.15) is 5.69 Å². The number of aromatic nitrogens is 3. The zero-order valence-corrected chi connectivity index (χ0v) is 17.5. The van der Waals surface area contributed by atoms with E-state index in [1.807, 2.05) is 59.3 Å². The van der Waals surface area contributed by atoms with Crippen LogP contribution in [-0.4, -0.2) is 20.5 Å². The van der Waals surface area contributed by atoms with E-state index < -0.39 is 0 Å². The Labute approximate surface area is 181 Å². The van der Waals surface area contributed by atoms with E-state index in [0.29, 0.717) is 21.8 Å². The third-order valence-corrected chi connectivity index (χ3v) is 6.70. The Bertz CT molecular complexity index is 1480. The van der Waals surface area contributed by atoms with Crippen LogP contribution in [0.2, 0.25) is 5.02 Å². The fourth-order valence-corrected chi connectivity index (χ4v) is 5.15. The number of ketones is 1. The summed E-state index contributed by atoms with van der Waals surface area (Å²) >= 11 is 7.65. The van der Waals surface area contributed by atoms with Gasteiger partial charge in [-0.15, -0.1) is 0 Å². The maximum Gasteiger partial charge on any atom is 0.212 e. The van der Waals surface area contributed by atoms with Crippen molar-refractivity contribution in [1.82, 2.24) is 14.8 Å². The average molecular weight is 428 g/mol. The second-order valence-corrected chi connectivity index (χ2v) is 8.73. The summed E-state index contributed by atoms with van der Waals surface area (Å²) < 4.78 is 2.92. The van der Waals surface area contributed by atoms with Crippen molar-refractivity contribution in [3.63, 3.8) is 0 Å². The molecular weight excluding hydrogens is 414 g/mol. The van der Waals surface area contributed by atoms with Crippen LogP contribution in [0.15, 0.2) is 66.7 Å². The smallest absolute Gasteiger partial charge is 0.212 e. The molecule has 5 aromatic rings. The molecule has 144 valence electrons. The van der Waals surface area contributed by atoms with E-state index in [2.05, 4.69) is 19.1 Å². The quantitative estimate of drug-likeness (QED) is 0.324. The molecule has 2 aromatic heterocycles. The van der Waals surface area contributed by atoms with Crippen molar-refractivity contribution in [1.29, 1.82) is 0 Å². The molecule has 0 bridgehead atoms. The van der Waals surface area contributed by atoms with E-state index >= 15 is 0 Å². The summed E-state index contributed by atoms with van der Waals surface area (Å²) in [5, 5.41) is 6.27. The molecule has 0 saturated carbocycles. The summed E-state index contributed by atoms with van der Waals surface area (Å²) in [7, 11) is 0. The summed E-state index contributed by atoms with van der Waals surface area (Å²) in [4.78, 5) is 18.2. The van der Waals surface area contributed by atoms with Gasteiger partial charge >= 0.3 is 0 Å². The number of nitrogens with zero attached hydrogens (tertiary/aromatic N) is 3. The minimum atomic E-state index is -0.00547. The summed E-state index contributed by atoms with van der Waals surface area (Å²) in [5.41, 5.74) is 6.60. The van der Waals surface area contributed by atoms with Gasteiger partial charge in [0.25, 0.3) is 0 Å². The van der Waals surface area contributed by atoms with Crippen molar-refractivity contribution in [2.24, 2.45) is 0 Å². The Kier molecular flexibility index (Phi) is 3.72. The number of carbonyl (C=O) groups is 1. The first-order chi connectivity index (χ1) is 14.6. The third kappa shape index (κ3) is 2.43. The normalized spacial score (nSPS) is 12.4. The van der Waals surface area contributed by atoms with Gasteiger partial charge in [-0.2, -0.15) is 5.10 Å². The predicted molar refractivity (Wildman–Crippen MR) is 121 cm³/mol. The average Bonchev–Trinajstić information content (AvgIpc) is 3.43. The standard InChI is InChI=1S/C24H14ClN3OS/c1-13-5-4-8-18-20(13)26-24(30-18)28-22-16-6-2-3-7-17(16)23(29)19(22)21(27-28)14-9-11-15(25)12-10-14/h2-12H,1H3. The molecule has 0 amide bonds. The van der Waals surface area contributed by atoms with Crippen molar-refractivity contribution in [3.05, 3.63) is 88.4 Å². The van der Waals surface area contributed by atoms with Crippen LogP contribution >= 0.6 is 22.9 Å². The monoisotopic (exact) mass is 427 g/mol. The number of thiazole rings is 1. The first-order valence-corrected chi connectivity index (χ1v) is 10.7. The third-order valence-electron chi connectivity index (χ3n) is 5.45. The van der Waals surface area contributed by atoms with Crippen molar-refractivity contribution < 1.29 is 4.79 Å². The van der Waals surface area contributed by atoms with Crippen LogP contribution in [0.5, 0.6) is 0 Å². The maximum atomic E-state index is 13.3. The molecule has 3 aromatic carbocycles. The van der Waals surface area contributed by atoms with E-state index in [-0.39, 0.29) is 5.78 Å². The van der Waals surface area contributed by atoms with Gasteiger partial charge in [-0.3, -0.25) is 4.79 Å². The fourth-order valence-electron chi connectivity index (χ4n) is 4.02. The molecule has 4 nitrogen and oxygen atoms in total. The van der Waals surface area contributed by atoms with Crippen LogP contribution < -0.4 is 0 Å². The van der Waals surface area contributed by atoms with E-state index in [0.717, 1.165) is 37.7 Å². The number of hydrogen-bond acceptors (Lipinski definition) is 4. The van der Waals surface area contributed by atoms with Crippen LogP contribution in [0.4, 0.5) is 0 Å². The largest absolute Gasteiger partial charge is 0.288 e. The van der Waals surface area contributed by atoms with Gasteiger partial charge < -0.3 is 0 Å². The number of fused-ring (bicyclic) bond motifs is 4. The summed E-state index contributed by atoms with van der Waals surface area (Å²) in [6.07, 6.45) is 0. The van der Waals surface area contributed by atoms with Gasteiger partial charge in [-0.25, -0.2) is 9.67 Å². The number of benzene rings is 3. The molecule has 1 aliphatic carbocycles. The van der Waals surface area contributed by atoms with Gasteiger partial charge in [0.15, 0.2) is 5.78 Å². The SMILES string of the molecule is Cc1cccc2sc(-n3nc(-c4ccc(Cl)cc4)c4c3-c3ccccc3C4=O)nc12. The summed E-state index contributed by atoms with van der Waals surface area (Å²) in [6.45, 7) is 2.05. The molecule has 6 heteroatoms. The lowest BCUT2D eigenvalue weighted by atomic mass is 10.0. The van der Waals surface area contributed by atoms with Gasteiger partial charge in [0.2, 0.25) is 5.13 Å². The molecule has 0 aliphatic heterocycles. The van der Waals surface area contributed by atoms with Gasteiger partial charge in [-0.05, 0) is 30.7 Å². The zero-order valence-electron chi connectivity index (χ0n) is 15.9. The maximum absolute atomic E-state index is 13.3. The highest BCUT2D eigenvalue weighted by molar-refractivity contribution is 7.20. The highest BCUT2D eigenvalue weighted by atomic mass is 35.5. The molecule has 0 unspecified atom stereocenters. The van der Waals surface area contributed by atoms with E-state index in [4.69, 9.17) is 21.7 Å². The Morgan fingerprint density at radius 1 is 0.933 bits per heavy atom. The molecule has 1 aliphatic rings. The Morgan fingerprint density at radius 3 is 2.47 bits per heavy atom. The number of para-hydroxylation sites is 1. The highest BCUT2D eigenvalue weighted by Gasteiger charge is 2.35. The molecule has 6 rings (SSSR count). The number of halogens is 1. The first kappa shape index (κ1) is 17.6. The lowest BCUT2D eigenvalue weighted by molar-refractivity contribution is 0.104. The van der Waals surface area contributed by atoms with Crippen LogP contribution in [0.25, 0.3) is 37.9 Å². The number of rotatable bonds is 2. The van der Waals surface area contributed by atoms with Gasteiger partial charge in [-0.1, -0.05) is 71.5 Å². The number of carbonyl (C=O) groups excluding carboxylic acids is 1. The van der Waals surface area contributed by atoms with Crippen LogP contribution in [0.3, 0.4) is 0 Å². The predicted octanol–water partition coefficient (Wildman–Crippen LogP) is 6.32. The topological polar surface area (TPSA) is 47.8 Å². The Morgan fingerprint density at radius 2 is 1.70 bits per heavy atom. The molecule has 2 heterocycles. The Balaban J connectivity index is 1.67. The number of aryl methyl sites for hydroxylation is 1. The second-order valence-electron chi connectivity index (χ2n) is 7.28. The summed E-state index contributed by atoms with van der Waals surface area (Å²) in [5.74, 6) is -0.00547. The lowest BCUT2D eigenvalue weighted by Gasteiger charge is -2.03. The minimum absolute atomic E-state index is 0.00547. The molecule has 30 heavy (non-hydrogen) atoms. The molecule has 0 fully saturated rings. The lowest BCUT2D eigenvalue weighted by Crippen LogP contribution is -2.00. The Hall–Kier alpha value is -3.28. The van der Waals surface area contributed by atoms with Gasteiger partial charge in [0, 0.05) is 21.7 Å². The molecule has 0 saturated heterocycles. The van der Waals surface area contributed by atoms with Crippen molar-refractivity contribution in [2.45, 2.75) is 6.92 Å². The summed E-state index contributed by atoms with van der Waals surface area (Å²) in [6, 6.07) is 21.3. The number of hydrogen-bond donors (Lipinski definition) is 0. The van der Waals surface area contributed by atoms with Crippen LogP contribution in [0.1, 0.15) is 21.5 Å². The second kappa shape index (κ2) is 6.36. The molecule has 0 atom stereocenters. The van der Waals surface area contributed by atoms with Crippen LogP contribution in [-0.2, 0) is 0 Å². The van der Waals surface area contributed by atoms with Crippen LogP contribution in [0, 0.1) is 6.92 Å².